The number of ether oxygens (including phenoxy) is 1. The second-order valence-corrected chi connectivity index (χ2v) is 8.74. The van der Waals surface area contributed by atoms with Crippen molar-refractivity contribution in [3.63, 3.8) is 0 Å². The predicted octanol–water partition coefficient (Wildman–Crippen LogP) is 1.02. The normalized spacial score (nSPS) is 16.0. The van der Waals surface area contributed by atoms with Gasteiger partial charge < -0.3 is 26.4 Å². The van der Waals surface area contributed by atoms with Crippen molar-refractivity contribution in [3.05, 3.63) is 47.5 Å². The third-order valence-electron chi connectivity index (χ3n) is 6.29. The highest BCUT2D eigenvalue weighted by Crippen LogP contribution is 2.44. The third-order valence-corrected chi connectivity index (χ3v) is 6.29. The Morgan fingerprint density at radius 1 is 1.14 bits per heavy atom. The molecule has 1 unspecified atom stereocenters. The first-order chi connectivity index (χ1) is 17.3. The molecule has 1 aliphatic rings. The molecule has 0 radical (unpaired) electrons. The molecule has 10 nitrogen and oxygen atoms in total. The van der Waals surface area contributed by atoms with Gasteiger partial charge >= 0.3 is 0 Å². The molecule has 3 rings (SSSR count). The Balaban J connectivity index is 1.95. The summed E-state index contributed by atoms with van der Waals surface area (Å²) in [6.45, 7) is 2.55. The number of hydrazine groups is 1. The molecule has 2 aromatic carbocycles. The summed E-state index contributed by atoms with van der Waals surface area (Å²) in [6, 6.07) is 10.1. The van der Waals surface area contributed by atoms with Gasteiger partial charge in [-0.2, -0.15) is 0 Å². The van der Waals surface area contributed by atoms with E-state index < -0.39 is 18.0 Å². The zero-order valence-corrected chi connectivity index (χ0v) is 21.2. The molecule has 0 aromatic heterocycles. The van der Waals surface area contributed by atoms with E-state index in [4.69, 9.17) is 10.5 Å². The minimum Gasteiger partial charge on any atom is -0.496 e. The number of nitrogens with two attached hydrogens (primary N) is 1. The van der Waals surface area contributed by atoms with Crippen LogP contribution in [0.5, 0.6) is 5.75 Å². The lowest BCUT2D eigenvalue weighted by Crippen LogP contribution is -2.50. The van der Waals surface area contributed by atoms with Crippen molar-refractivity contribution in [1.29, 1.82) is 0 Å². The molecule has 0 fully saturated rings. The van der Waals surface area contributed by atoms with Gasteiger partial charge in [-0.05, 0) is 49.6 Å². The fourth-order valence-corrected chi connectivity index (χ4v) is 4.45. The zero-order valence-electron chi connectivity index (χ0n) is 21.2. The van der Waals surface area contributed by atoms with E-state index in [2.05, 4.69) is 26.8 Å². The molecule has 194 valence electrons. The minimum absolute atomic E-state index is 0.162. The third kappa shape index (κ3) is 6.01. The van der Waals surface area contributed by atoms with Gasteiger partial charge in [0.25, 0.3) is 0 Å². The average Bonchev–Trinajstić information content (AvgIpc) is 3.21. The average molecular weight is 497 g/mol. The molecular weight excluding hydrogens is 460 g/mol. The molecule has 36 heavy (non-hydrogen) atoms. The van der Waals surface area contributed by atoms with Gasteiger partial charge in [-0.1, -0.05) is 31.2 Å². The van der Waals surface area contributed by atoms with Crippen LogP contribution in [-0.2, 0) is 20.8 Å². The Kier molecular flexibility index (Phi) is 9.40. The second-order valence-electron chi connectivity index (χ2n) is 8.74. The fourth-order valence-electron chi connectivity index (χ4n) is 4.45. The summed E-state index contributed by atoms with van der Waals surface area (Å²) in [5.74, 6) is -0.442. The summed E-state index contributed by atoms with van der Waals surface area (Å²) >= 11 is 0. The van der Waals surface area contributed by atoms with Gasteiger partial charge in [-0.15, -0.1) is 0 Å². The van der Waals surface area contributed by atoms with Crippen LogP contribution in [-0.4, -0.2) is 57.6 Å². The largest absolute Gasteiger partial charge is 0.496 e. The highest BCUT2D eigenvalue weighted by molar-refractivity contribution is 6.07. The number of amides is 3. The van der Waals surface area contributed by atoms with Gasteiger partial charge in [0.2, 0.25) is 17.7 Å². The quantitative estimate of drug-likeness (QED) is 0.241. The summed E-state index contributed by atoms with van der Waals surface area (Å²) in [4.78, 5) is 37.7. The number of hydrogen-bond acceptors (Lipinski definition) is 7. The smallest absolute Gasteiger partial charge is 0.238 e. The van der Waals surface area contributed by atoms with Crippen LogP contribution in [0.15, 0.2) is 36.4 Å². The Morgan fingerprint density at radius 2 is 1.92 bits per heavy atom. The SMILES string of the molecule is CCCNC(=O)[C@H](CC1C(=O)Nc2c(-c3cc(C[C@H](N)C(=O)NC)ccc3OC)cccc21)NNC. The van der Waals surface area contributed by atoms with E-state index in [0.717, 1.165) is 28.7 Å². The molecule has 1 heterocycles. The molecule has 0 bridgehead atoms. The zero-order chi connectivity index (χ0) is 26.2. The van der Waals surface area contributed by atoms with Crippen molar-refractivity contribution in [1.82, 2.24) is 21.5 Å². The number of anilines is 1. The summed E-state index contributed by atoms with van der Waals surface area (Å²) in [7, 11) is 4.83. The van der Waals surface area contributed by atoms with E-state index in [1.165, 1.54) is 0 Å². The van der Waals surface area contributed by atoms with Crippen molar-refractivity contribution in [3.8, 4) is 16.9 Å². The van der Waals surface area contributed by atoms with Gasteiger partial charge in [0.15, 0.2) is 0 Å². The van der Waals surface area contributed by atoms with Crippen LogP contribution < -0.4 is 37.3 Å². The van der Waals surface area contributed by atoms with E-state index in [-0.39, 0.29) is 24.1 Å². The van der Waals surface area contributed by atoms with Gasteiger partial charge in [-0.3, -0.25) is 19.8 Å². The van der Waals surface area contributed by atoms with E-state index in [1.54, 1.807) is 21.2 Å². The first-order valence-corrected chi connectivity index (χ1v) is 12.1. The first-order valence-electron chi connectivity index (χ1n) is 12.1. The number of fused-ring (bicyclic) bond motifs is 1. The Bertz CT molecular complexity index is 1110. The second kappa shape index (κ2) is 12.5. The van der Waals surface area contributed by atoms with Gasteiger partial charge in [0.05, 0.1) is 24.8 Å². The molecule has 2 aromatic rings. The molecule has 0 spiro atoms. The molecular formula is C26H36N6O4. The standard InChI is InChI=1S/C26H36N6O4/c1-5-11-30-26(35)21(32-29-3)14-19-17-8-6-7-16(23(17)31-24(19)33)18-12-15(9-10-22(18)36-4)13-20(27)25(34)28-2/h6-10,12,19-21,29,32H,5,11,13-14,27H2,1-4H3,(H,28,34)(H,30,35)(H,31,33)/t19?,20-,21-/m0/s1. The number of hydrogen-bond donors (Lipinski definition) is 6. The fraction of sp³-hybridized carbons (Fsp3) is 0.423. The number of benzene rings is 2. The van der Waals surface area contributed by atoms with Gasteiger partial charge in [0, 0.05) is 24.7 Å². The lowest BCUT2D eigenvalue weighted by molar-refractivity contribution is -0.124. The van der Waals surface area contributed by atoms with E-state index in [0.29, 0.717) is 24.4 Å². The van der Waals surface area contributed by atoms with E-state index in [1.807, 2.05) is 43.3 Å². The van der Waals surface area contributed by atoms with Crippen LogP contribution in [0, 0.1) is 0 Å². The van der Waals surface area contributed by atoms with E-state index >= 15 is 0 Å². The minimum atomic E-state index is -0.683. The molecule has 0 saturated carbocycles. The number of nitrogens with one attached hydrogen (secondary N) is 5. The lowest BCUT2D eigenvalue weighted by atomic mass is 9.90. The number of para-hydroxylation sites is 1. The number of methoxy groups -OCH3 is 1. The van der Waals surface area contributed by atoms with Crippen LogP contribution in [0.1, 0.15) is 36.8 Å². The first kappa shape index (κ1) is 27.1. The number of likely N-dealkylation sites (N-methyl/N-ethyl adjacent to an activating group) is 1. The van der Waals surface area contributed by atoms with Gasteiger partial charge in [0.1, 0.15) is 11.8 Å². The predicted molar refractivity (Wildman–Crippen MR) is 139 cm³/mol. The van der Waals surface area contributed by atoms with E-state index in [9.17, 15) is 14.4 Å². The maximum absolute atomic E-state index is 13.1. The Morgan fingerprint density at radius 3 is 2.58 bits per heavy atom. The maximum Gasteiger partial charge on any atom is 0.238 e. The molecule has 10 heteroatoms. The van der Waals surface area contributed by atoms with Crippen molar-refractivity contribution < 1.29 is 19.1 Å². The number of rotatable bonds is 12. The highest BCUT2D eigenvalue weighted by Gasteiger charge is 2.36. The monoisotopic (exact) mass is 496 g/mol. The highest BCUT2D eigenvalue weighted by atomic mass is 16.5. The number of carbonyl (C=O) groups excluding carboxylic acids is 3. The number of carbonyl (C=O) groups is 3. The maximum atomic E-state index is 13.1. The van der Waals surface area contributed by atoms with Crippen molar-refractivity contribution in [2.75, 3.05) is 33.1 Å². The molecule has 7 N–H and O–H groups in total. The molecule has 0 aliphatic carbocycles. The van der Waals surface area contributed by atoms with Crippen LogP contribution in [0.2, 0.25) is 0 Å². The van der Waals surface area contributed by atoms with Crippen molar-refractivity contribution >= 4 is 23.4 Å². The van der Waals surface area contributed by atoms with Crippen molar-refractivity contribution in [2.24, 2.45) is 5.73 Å². The lowest BCUT2D eigenvalue weighted by Gasteiger charge is -2.20. The molecule has 3 amide bonds. The van der Waals surface area contributed by atoms with Gasteiger partial charge in [-0.25, -0.2) is 5.43 Å². The van der Waals surface area contributed by atoms with Crippen LogP contribution in [0.25, 0.3) is 11.1 Å². The molecule has 3 atom stereocenters. The summed E-state index contributed by atoms with van der Waals surface area (Å²) < 4.78 is 5.61. The summed E-state index contributed by atoms with van der Waals surface area (Å²) in [6.07, 6.45) is 1.46. The Hall–Kier alpha value is -3.47. The summed E-state index contributed by atoms with van der Waals surface area (Å²) in [5.41, 5.74) is 15.8. The van der Waals surface area contributed by atoms with Crippen LogP contribution in [0.3, 0.4) is 0 Å². The topological polar surface area (TPSA) is 147 Å². The molecule has 1 aliphatic heterocycles. The summed E-state index contributed by atoms with van der Waals surface area (Å²) in [5, 5.41) is 8.47. The van der Waals surface area contributed by atoms with Crippen molar-refractivity contribution in [2.45, 2.75) is 44.2 Å². The Labute approximate surface area is 211 Å². The molecule has 0 saturated heterocycles. The van der Waals surface area contributed by atoms with Crippen LogP contribution in [0.4, 0.5) is 5.69 Å². The van der Waals surface area contributed by atoms with Crippen LogP contribution >= 0.6 is 0 Å².